The summed E-state index contributed by atoms with van der Waals surface area (Å²) in [4.78, 5) is 4.51. The van der Waals surface area contributed by atoms with Gasteiger partial charge in [-0.05, 0) is 43.1 Å². The summed E-state index contributed by atoms with van der Waals surface area (Å²) in [5, 5.41) is 3.57. The number of benzene rings is 1. The third kappa shape index (κ3) is 3.17. The van der Waals surface area contributed by atoms with Crippen LogP contribution in [0.3, 0.4) is 0 Å². The molecule has 1 aromatic carbocycles. The second kappa shape index (κ2) is 6.31. The van der Waals surface area contributed by atoms with Crippen LogP contribution in [0.4, 0.5) is 0 Å². The summed E-state index contributed by atoms with van der Waals surface area (Å²) in [6.45, 7) is 5.28. The Kier molecular flexibility index (Phi) is 4.48. The van der Waals surface area contributed by atoms with E-state index in [1.54, 1.807) is 0 Å². The molecule has 0 fully saturated rings. The van der Waals surface area contributed by atoms with Crippen molar-refractivity contribution < 1.29 is 0 Å². The Hall–Kier alpha value is -1.67. The molecule has 1 heterocycles. The van der Waals surface area contributed by atoms with E-state index in [1.807, 2.05) is 18.3 Å². The Labute approximate surface area is 109 Å². The molecule has 1 atom stereocenters. The summed E-state index contributed by atoms with van der Waals surface area (Å²) in [6, 6.07) is 14.9. The lowest BCUT2D eigenvalue weighted by molar-refractivity contribution is 0.586. The summed E-state index contributed by atoms with van der Waals surface area (Å²) < 4.78 is 0. The average Bonchev–Trinajstić information content (AvgIpc) is 2.40. The van der Waals surface area contributed by atoms with Gasteiger partial charge in [-0.3, -0.25) is 4.98 Å². The smallest absolute Gasteiger partial charge is 0.0751 e. The van der Waals surface area contributed by atoms with Crippen LogP contribution in [0.5, 0.6) is 0 Å². The fraction of sp³-hybridized carbons (Fsp3) is 0.312. The van der Waals surface area contributed by atoms with Crippen molar-refractivity contribution >= 4 is 0 Å². The molecule has 2 aromatic rings. The summed E-state index contributed by atoms with van der Waals surface area (Å²) in [5.41, 5.74) is 3.61. The Balaban J connectivity index is 2.31. The highest BCUT2D eigenvalue weighted by atomic mass is 14.9. The van der Waals surface area contributed by atoms with Crippen LogP contribution in [0.25, 0.3) is 0 Å². The van der Waals surface area contributed by atoms with Crippen LogP contribution in [-0.4, -0.2) is 11.5 Å². The van der Waals surface area contributed by atoms with E-state index in [9.17, 15) is 0 Å². The molecule has 0 aliphatic rings. The van der Waals surface area contributed by atoms with Gasteiger partial charge >= 0.3 is 0 Å². The highest BCUT2D eigenvalue weighted by Crippen LogP contribution is 2.20. The highest BCUT2D eigenvalue weighted by Gasteiger charge is 2.13. The SMILES string of the molecule is CCCNC(c1ccccc1)c1cc(C)ccn1. The second-order valence-corrected chi connectivity index (χ2v) is 4.56. The highest BCUT2D eigenvalue weighted by molar-refractivity contribution is 5.29. The molecule has 0 spiro atoms. The van der Waals surface area contributed by atoms with Gasteiger partial charge in [0, 0.05) is 6.20 Å². The topological polar surface area (TPSA) is 24.9 Å². The molecule has 0 saturated heterocycles. The lowest BCUT2D eigenvalue weighted by Gasteiger charge is -2.18. The molecule has 2 nitrogen and oxygen atoms in total. The van der Waals surface area contributed by atoms with Gasteiger partial charge in [-0.2, -0.15) is 0 Å². The number of nitrogens with zero attached hydrogens (tertiary/aromatic N) is 1. The van der Waals surface area contributed by atoms with Gasteiger partial charge in [-0.1, -0.05) is 37.3 Å². The van der Waals surface area contributed by atoms with E-state index in [4.69, 9.17) is 0 Å². The summed E-state index contributed by atoms with van der Waals surface area (Å²) >= 11 is 0. The molecule has 18 heavy (non-hydrogen) atoms. The maximum absolute atomic E-state index is 4.51. The van der Waals surface area contributed by atoms with Crippen LogP contribution >= 0.6 is 0 Å². The maximum Gasteiger partial charge on any atom is 0.0751 e. The Morgan fingerprint density at radius 2 is 1.94 bits per heavy atom. The molecule has 1 unspecified atom stereocenters. The summed E-state index contributed by atoms with van der Waals surface area (Å²) in [7, 11) is 0. The molecular weight excluding hydrogens is 220 g/mol. The molecular formula is C16H20N2. The number of nitrogens with one attached hydrogen (secondary N) is 1. The summed E-state index contributed by atoms with van der Waals surface area (Å²) in [6.07, 6.45) is 3.00. The minimum Gasteiger partial charge on any atom is -0.305 e. The van der Waals surface area contributed by atoms with Crippen LogP contribution in [0.2, 0.25) is 0 Å². The van der Waals surface area contributed by atoms with Gasteiger partial charge in [0.25, 0.3) is 0 Å². The third-order valence-corrected chi connectivity index (χ3v) is 2.96. The van der Waals surface area contributed by atoms with Gasteiger partial charge in [-0.25, -0.2) is 0 Å². The molecule has 0 amide bonds. The largest absolute Gasteiger partial charge is 0.305 e. The zero-order valence-corrected chi connectivity index (χ0v) is 11.1. The predicted molar refractivity (Wildman–Crippen MR) is 75.6 cm³/mol. The zero-order chi connectivity index (χ0) is 12.8. The fourth-order valence-electron chi connectivity index (χ4n) is 2.04. The Bertz CT molecular complexity index is 479. The average molecular weight is 240 g/mol. The number of hydrogen-bond donors (Lipinski definition) is 1. The molecule has 1 aromatic heterocycles. The Morgan fingerprint density at radius 3 is 2.61 bits per heavy atom. The zero-order valence-electron chi connectivity index (χ0n) is 11.1. The van der Waals surface area contributed by atoms with Crippen molar-refractivity contribution in [2.75, 3.05) is 6.54 Å². The minimum atomic E-state index is 0.186. The van der Waals surface area contributed by atoms with E-state index >= 15 is 0 Å². The van der Waals surface area contributed by atoms with Crippen molar-refractivity contribution in [3.05, 3.63) is 65.5 Å². The molecule has 1 N–H and O–H groups in total. The molecule has 94 valence electrons. The molecule has 0 aliphatic carbocycles. The van der Waals surface area contributed by atoms with Gasteiger partial charge in [-0.15, -0.1) is 0 Å². The van der Waals surface area contributed by atoms with E-state index in [0.29, 0.717) is 0 Å². The maximum atomic E-state index is 4.51. The van der Waals surface area contributed by atoms with Crippen molar-refractivity contribution in [3.63, 3.8) is 0 Å². The van der Waals surface area contributed by atoms with Gasteiger partial charge < -0.3 is 5.32 Å². The van der Waals surface area contributed by atoms with Gasteiger partial charge in [0.1, 0.15) is 0 Å². The van der Waals surface area contributed by atoms with E-state index in [1.165, 1.54) is 11.1 Å². The first-order valence-electron chi connectivity index (χ1n) is 6.52. The van der Waals surface area contributed by atoms with Gasteiger partial charge in [0.05, 0.1) is 11.7 Å². The molecule has 2 heteroatoms. The van der Waals surface area contributed by atoms with E-state index in [0.717, 1.165) is 18.7 Å². The lowest BCUT2D eigenvalue weighted by atomic mass is 10.0. The Morgan fingerprint density at radius 1 is 1.17 bits per heavy atom. The number of pyridine rings is 1. The van der Waals surface area contributed by atoms with Crippen molar-refractivity contribution in [2.24, 2.45) is 0 Å². The number of aryl methyl sites for hydroxylation is 1. The quantitative estimate of drug-likeness (QED) is 0.865. The minimum absolute atomic E-state index is 0.186. The van der Waals surface area contributed by atoms with Gasteiger partial charge in [0.2, 0.25) is 0 Å². The first-order valence-corrected chi connectivity index (χ1v) is 6.52. The van der Waals surface area contributed by atoms with Crippen molar-refractivity contribution in [3.8, 4) is 0 Å². The number of aromatic nitrogens is 1. The van der Waals surface area contributed by atoms with E-state index in [-0.39, 0.29) is 6.04 Å². The van der Waals surface area contributed by atoms with Crippen LogP contribution in [0.1, 0.15) is 36.2 Å². The number of rotatable bonds is 5. The standard InChI is InChI=1S/C16H20N2/c1-3-10-18-16(14-7-5-4-6-8-14)15-12-13(2)9-11-17-15/h4-9,11-12,16,18H,3,10H2,1-2H3. The third-order valence-electron chi connectivity index (χ3n) is 2.96. The molecule has 0 bridgehead atoms. The first kappa shape index (κ1) is 12.8. The normalized spacial score (nSPS) is 12.3. The predicted octanol–water partition coefficient (Wildman–Crippen LogP) is 3.48. The van der Waals surface area contributed by atoms with E-state index < -0.39 is 0 Å². The van der Waals surface area contributed by atoms with Crippen LogP contribution in [0.15, 0.2) is 48.7 Å². The molecule has 0 radical (unpaired) electrons. The molecule has 2 rings (SSSR count). The molecule has 0 saturated carbocycles. The van der Waals surface area contributed by atoms with Crippen LogP contribution < -0.4 is 5.32 Å². The lowest BCUT2D eigenvalue weighted by Crippen LogP contribution is -2.24. The van der Waals surface area contributed by atoms with Crippen molar-refractivity contribution in [2.45, 2.75) is 26.3 Å². The van der Waals surface area contributed by atoms with Crippen LogP contribution in [0, 0.1) is 6.92 Å². The second-order valence-electron chi connectivity index (χ2n) is 4.56. The van der Waals surface area contributed by atoms with Crippen molar-refractivity contribution in [1.82, 2.24) is 10.3 Å². The number of hydrogen-bond acceptors (Lipinski definition) is 2. The first-order chi connectivity index (χ1) is 8.81. The van der Waals surface area contributed by atoms with Crippen LogP contribution in [-0.2, 0) is 0 Å². The summed E-state index contributed by atoms with van der Waals surface area (Å²) in [5.74, 6) is 0. The molecule has 0 aliphatic heterocycles. The monoisotopic (exact) mass is 240 g/mol. The van der Waals surface area contributed by atoms with Crippen molar-refractivity contribution in [1.29, 1.82) is 0 Å². The van der Waals surface area contributed by atoms with E-state index in [2.05, 4.69) is 54.5 Å². The fourth-order valence-corrected chi connectivity index (χ4v) is 2.04. The van der Waals surface area contributed by atoms with Gasteiger partial charge in [0.15, 0.2) is 0 Å².